The Labute approximate surface area is 176 Å². The molecule has 6 nitrogen and oxygen atoms in total. The van der Waals surface area contributed by atoms with Crippen molar-refractivity contribution in [1.82, 2.24) is 4.98 Å². The summed E-state index contributed by atoms with van der Waals surface area (Å²) in [7, 11) is -0.0168. The molecule has 0 spiro atoms. The number of benzene rings is 2. The van der Waals surface area contributed by atoms with Crippen LogP contribution >= 0.6 is 0 Å². The number of amides is 1. The van der Waals surface area contributed by atoms with Crippen LogP contribution in [0.2, 0.25) is 0 Å². The summed E-state index contributed by atoms with van der Waals surface area (Å²) >= 11 is 0. The average molecular weight is 420 g/mol. The van der Waals surface area contributed by atoms with E-state index in [0.717, 1.165) is 5.56 Å². The monoisotopic (exact) mass is 420 g/mol. The van der Waals surface area contributed by atoms with E-state index < -0.39 is 15.6 Å². The standard InChI is InChI=1S/C23H20N2O4S/c1-28-21-12-11-20(14-22(21)29-2)30(3,27)25-23(26)19-13-18(15-24-16-19)10-9-17-7-5-4-6-8-17/h4-8,11-16H,1-3H3. The SMILES string of the molecule is COc1ccc(S(C)(=O)=NC(=O)c2cncc(C#Cc3ccccc3)c2)cc1OC. The third kappa shape index (κ3) is 5.04. The van der Waals surface area contributed by atoms with Gasteiger partial charge < -0.3 is 9.47 Å². The molecule has 152 valence electrons. The number of hydrogen-bond donors (Lipinski definition) is 0. The van der Waals surface area contributed by atoms with Gasteiger partial charge in [0.2, 0.25) is 0 Å². The molecule has 3 rings (SSSR count). The van der Waals surface area contributed by atoms with Gasteiger partial charge in [-0.05, 0) is 30.3 Å². The zero-order chi connectivity index (χ0) is 21.6. The third-order valence-electron chi connectivity index (χ3n) is 4.16. The van der Waals surface area contributed by atoms with Crippen LogP contribution in [0.4, 0.5) is 0 Å². The maximum Gasteiger partial charge on any atom is 0.286 e. The van der Waals surface area contributed by atoms with Crippen molar-refractivity contribution < 1.29 is 18.5 Å². The smallest absolute Gasteiger partial charge is 0.286 e. The minimum atomic E-state index is -3.01. The predicted molar refractivity (Wildman–Crippen MR) is 115 cm³/mol. The quantitative estimate of drug-likeness (QED) is 0.600. The highest BCUT2D eigenvalue weighted by Crippen LogP contribution is 2.30. The Balaban J connectivity index is 1.90. The van der Waals surface area contributed by atoms with E-state index in [9.17, 15) is 9.00 Å². The van der Waals surface area contributed by atoms with Crippen LogP contribution in [0.15, 0.2) is 76.2 Å². The van der Waals surface area contributed by atoms with Crippen molar-refractivity contribution in [2.24, 2.45) is 4.36 Å². The summed E-state index contributed by atoms with van der Waals surface area (Å²) in [5.74, 6) is 6.26. The molecular formula is C23H20N2O4S. The van der Waals surface area contributed by atoms with E-state index in [-0.39, 0.29) is 5.56 Å². The Morgan fingerprint density at radius 2 is 1.63 bits per heavy atom. The van der Waals surface area contributed by atoms with Gasteiger partial charge in [-0.25, -0.2) is 4.21 Å². The normalized spacial score (nSPS) is 12.1. The fraction of sp³-hybridized carbons (Fsp3) is 0.130. The summed E-state index contributed by atoms with van der Waals surface area (Å²) in [5, 5.41) is 0. The molecule has 0 N–H and O–H groups in total. The van der Waals surface area contributed by atoms with Gasteiger partial charge in [-0.3, -0.25) is 9.78 Å². The van der Waals surface area contributed by atoms with Gasteiger partial charge in [0.25, 0.3) is 5.91 Å². The Kier molecular flexibility index (Phi) is 6.50. The Bertz CT molecular complexity index is 1250. The number of carbonyl (C=O) groups is 1. The lowest BCUT2D eigenvalue weighted by atomic mass is 10.2. The molecule has 1 heterocycles. The van der Waals surface area contributed by atoms with Crippen molar-refractivity contribution in [3.05, 3.63) is 83.7 Å². The lowest BCUT2D eigenvalue weighted by Crippen LogP contribution is -2.05. The van der Waals surface area contributed by atoms with Crippen molar-refractivity contribution in [2.75, 3.05) is 20.5 Å². The van der Waals surface area contributed by atoms with Crippen molar-refractivity contribution in [3.63, 3.8) is 0 Å². The molecule has 0 radical (unpaired) electrons. The number of carbonyl (C=O) groups excluding carboxylic acids is 1. The summed E-state index contributed by atoms with van der Waals surface area (Å²) in [4.78, 5) is 17.1. The highest BCUT2D eigenvalue weighted by atomic mass is 32.2. The van der Waals surface area contributed by atoms with Crippen molar-refractivity contribution in [3.8, 4) is 23.3 Å². The minimum absolute atomic E-state index is 0.213. The van der Waals surface area contributed by atoms with Crippen molar-refractivity contribution in [2.45, 2.75) is 4.90 Å². The van der Waals surface area contributed by atoms with Gasteiger partial charge in [0.1, 0.15) is 0 Å². The maximum absolute atomic E-state index is 13.1. The number of pyridine rings is 1. The number of ether oxygens (including phenoxy) is 2. The molecule has 0 saturated carbocycles. The van der Waals surface area contributed by atoms with Gasteiger partial charge in [0.15, 0.2) is 11.5 Å². The second kappa shape index (κ2) is 9.25. The van der Waals surface area contributed by atoms with E-state index in [1.807, 2.05) is 30.3 Å². The summed E-state index contributed by atoms with van der Waals surface area (Å²) in [6, 6.07) is 15.8. The summed E-state index contributed by atoms with van der Waals surface area (Å²) in [5.41, 5.74) is 1.63. The van der Waals surface area contributed by atoms with Gasteiger partial charge in [0, 0.05) is 35.8 Å². The zero-order valence-corrected chi connectivity index (χ0v) is 17.6. The number of aromatic nitrogens is 1. The van der Waals surface area contributed by atoms with Crippen molar-refractivity contribution >= 4 is 15.6 Å². The molecule has 3 aromatic rings. The van der Waals surface area contributed by atoms with Crippen LogP contribution in [-0.4, -0.2) is 35.6 Å². The van der Waals surface area contributed by atoms with Crippen molar-refractivity contribution in [1.29, 1.82) is 0 Å². The molecule has 1 aromatic heterocycles. The van der Waals surface area contributed by atoms with Gasteiger partial charge in [-0.2, -0.15) is 4.36 Å². The molecule has 1 atom stereocenters. The first-order valence-corrected chi connectivity index (χ1v) is 10.9. The summed E-state index contributed by atoms with van der Waals surface area (Å²) in [6.07, 6.45) is 4.34. The van der Waals surface area contributed by atoms with Gasteiger partial charge in [-0.1, -0.05) is 30.0 Å². The van der Waals surface area contributed by atoms with Crippen LogP contribution in [0, 0.1) is 11.8 Å². The third-order valence-corrected chi connectivity index (χ3v) is 5.80. The molecule has 1 unspecified atom stereocenters. The molecule has 2 aromatic carbocycles. The summed E-state index contributed by atoms with van der Waals surface area (Å²) < 4.78 is 27.5. The number of nitrogens with zero attached hydrogens (tertiary/aromatic N) is 2. The molecule has 7 heteroatoms. The highest BCUT2D eigenvalue weighted by molar-refractivity contribution is 7.93. The van der Waals surface area contributed by atoms with Crippen LogP contribution < -0.4 is 9.47 Å². The Morgan fingerprint density at radius 3 is 2.33 bits per heavy atom. The van der Waals surface area contributed by atoms with Crippen LogP contribution in [0.5, 0.6) is 11.5 Å². The fourth-order valence-corrected chi connectivity index (χ4v) is 3.78. The largest absolute Gasteiger partial charge is 0.493 e. The van der Waals surface area contributed by atoms with Crippen LogP contribution in [-0.2, 0) is 9.73 Å². The number of methoxy groups -OCH3 is 2. The molecule has 0 saturated heterocycles. The lowest BCUT2D eigenvalue weighted by molar-refractivity contribution is 0.100. The van der Waals surface area contributed by atoms with Crippen LogP contribution in [0.25, 0.3) is 0 Å². The first-order chi connectivity index (χ1) is 14.4. The van der Waals surface area contributed by atoms with E-state index in [2.05, 4.69) is 21.2 Å². The number of hydrogen-bond acceptors (Lipinski definition) is 5. The van der Waals surface area contributed by atoms with E-state index in [1.54, 1.807) is 30.5 Å². The average Bonchev–Trinajstić information content (AvgIpc) is 2.77. The Morgan fingerprint density at radius 1 is 0.933 bits per heavy atom. The molecule has 0 aliphatic carbocycles. The highest BCUT2D eigenvalue weighted by Gasteiger charge is 2.15. The second-order valence-corrected chi connectivity index (χ2v) is 8.55. The number of rotatable bonds is 4. The molecule has 0 bridgehead atoms. The van der Waals surface area contributed by atoms with E-state index in [1.165, 1.54) is 26.7 Å². The Hall–Kier alpha value is -3.63. The predicted octanol–water partition coefficient (Wildman–Crippen LogP) is 3.80. The first-order valence-electron chi connectivity index (χ1n) is 8.93. The molecule has 1 amide bonds. The maximum atomic E-state index is 13.1. The molecule has 30 heavy (non-hydrogen) atoms. The lowest BCUT2D eigenvalue weighted by Gasteiger charge is -2.10. The molecular weight excluding hydrogens is 400 g/mol. The first kappa shape index (κ1) is 21.1. The fourth-order valence-electron chi connectivity index (χ4n) is 2.61. The topological polar surface area (TPSA) is 77.9 Å². The molecule has 0 aliphatic heterocycles. The molecule has 0 fully saturated rings. The van der Waals surface area contributed by atoms with Crippen LogP contribution in [0.1, 0.15) is 21.5 Å². The van der Waals surface area contributed by atoms with Gasteiger partial charge >= 0.3 is 0 Å². The molecule has 0 aliphatic rings. The zero-order valence-electron chi connectivity index (χ0n) is 16.8. The summed E-state index contributed by atoms with van der Waals surface area (Å²) in [6.45, 7) is 0. The van der Waals surface area contributed by atoms with Gasteiger partial charge in [-0.15, -0.1) is 0 Å². The van der Waals surface area contributed by atoms with E-state index >= 15 is 0 Å². The van der Waals surface area contributed by atoms with E-state index in [0.29, 0.717) is 22.0 Å². The second-order valence-electron chi connectivity index (χ2n) is 6.29. The van der Waals surface area contributed by atoms with E-state index in [4.69, 9.17) is 9.47 Å². The minimum Gasteiger partial charge on any atom is -0.493 e. The van der Waals surface area contributed by atoms with Gasteiger partial charge in [0.05, 0.1) is 34.4 Å². The van der Waals surface area contributed by atoms with Crippen LogP contribution in [0.3, 0.4) is 0 Å².